The zero-order chi connectivity index (χ0) is 28.4. The number of likely N-dealkylation sites (N-methyl/N-ethyl adjacent to an activating group) is 1. The summed E-state index contributed by atoms with van der Waals surface area (Å²) >= 11 is 0. The number of ether oxygens (including phenoxy) is 1. The largest absolute Gasteiger partial charge is 0.387 e. The van der Waals surface area contributed by atoms with Crippen LogP contribution in [0.4, 0.5) is 16.3 Å². The van der Waals surface area contributed by atoms with E-state index in [0.717, 1.165) is 25.7 Å². The van der Waals surface area contributed by atoms with Crippen molar-refractivity contribution >= 4 is 44.6 Å². The number of hydrogen-bond donors (Lipinski definition) is 6. The van der Waals surface area contributed by atoms with E-state index in [9.17, 15) is 28.2 Å². The molecule has 2 aliphatic rings. The first kappa shape index (κ1) is 27.9. The molecule has 0 spiro atoms. The van der Waals surface area contributed by atoms with Crippen molar-refractivity contribution in [3.63, 3.8) is 0 Å². The fraction of sp³-hybridized carbons (Fsp3) is 0.458. The number of benzene rings is 1. The molecule has 0 unspecified atom stereocenters. The Morgan fingerprint density at radius 1 is 1.05 bits per heavy atom. The number of amides is 3. The molecule has 1 saturated carbocycles. The molecule has 4 atom stereocenters. The minimum Gasteiger partial charge on any atom is -0.387 e. The van der Waals surface area contributed by atoms with Crippen LogP contribution in [0.3, 0.4) is 0 Å². The Kier molecular flexibility index (Phi) is 7.95. The van der Waals surface area contributed by atoms with Crippen LogP contribution in [0, 0.1) is 0 Å². The summed E-state index contributed by atoms with van der Waals surface area (Å²) in [6.07, 6.45) is 0.738. The lowest BCUT2D eigenvalue weighted by molar-refractivity contribution is -0.137. The van der Waals surface area contributed by atoms with Gasteiger partial charge in [0.25, 0.3) is 5.91 Å². The van der Waals surface area contributed by atoms with E-state index in [2.05, 4.69) is 35.6 Å². The van der Waals surface area contributed by atoms with Crippen molar-refractivity contribution in [1.82, 2.24) is 29.6 Å². The second-order valence-corrected chi connectivity index (χ2v) is 11.3. The maximum absolute atomic E-state index is 12.7. The number of nitrogens with zero attached hydrogens (tertiary/aromatic N) is 4. The number of carbonyl (C=O) groups is 2. The maximum Gasteiger partial charge on any atom is 0.324 e. The fourth-order valence-electron chi connectivity index (χ4n) is 4.83. The smallest absolute Gasteiger partial charge is 0.324 e. The molecule has 5 rings (SSSR count). The number of rotatable bonds is 8. The number of fused-ring (bicyclic) bond motifs is 1. The fourth-order valence-corrected chi connectivity index (χ4v) is 6.13. The Morgan fingerprint density at radius 3 is 2.48 bits per heavy atom. The number of aliphatic hydroxyl groups excluding tert-OH is 2. The first-order chi connectivity index (χ1) is 19.2. The van der Waals surface area contributed by atoms with Crippen LogP contribution in [0.1, 0.15) is 38.8 Å². The van der Waals surface area contributed by atoms with E-state index in [0.29, 0.717) is 12.2 Å². The van der Waals surface area contributed by atoms with E-state index >= 15 is 0 Å². The Balaban J connectivity index is 1.26. The Morgan fingerprint density at radius 2 is 1.77 bits per heavy atom. The topological polar surface area (TPSA) is 210 Å². The van der Waals surface area contributed by atoms with Gasteiger partial charge in [-0.2, -0.15) is 0 Å². The Bertz CT molecular complexity index is 1490. The lowest BCUT2D eigenvalue weighted by atomic mass is 10.1. The summed E-state index contributed by atoms with van der Waals surface area (Å²) in [6.45, 7) is 2.04. The second kappa shape index (κ2) is 11.4. The van der Waals surface area contributed by atoms with Crippen LogP contribution >= 0.6 is 0 Å². The van der Waals surface area contributed by atoms with Crippen LogP contribution in [0.15, 0.2) is 41.8 Å². The van der Waals surface area contributed by atoms with Crippen molar-refractivity contribution in [2.75, 3.05) is 17.2 Å². The molecule has 214 valence electrons. The number of nitrogens with one attached hydrogen (secondary N) is 4. The van der Waals surface area contributed by atoms with Gasteiger partial charge in [0.15, 0.2) is 29.3 Å². The molecule has 2 aromatic heterocycles. The lowest BCUT2D eigenvalue weighted by Gasteiger charge is -2.16. The SMILES string of the molecule is CCNC(=O)[C@H]1O[C@@H](n2cnc3c(NC(=O)Nc4ccc(S(=O)(=O)NC5CCCC5)cc4)ncnc32)[C@H](O)[C@@H]1O. The zero-order valence-electron chi connectivity index (χ0n) is 21.5. The first-order valence-electron chi connectivity index (χ1n) is 12.8. The number of urea groups is 1. The van der Waals surface area contributed by atoms with Crippen molar-refractivity contribution in [3.05, 3.63) is 36.9 Å². The average Bonchev–Trinajstić information content (AvgIpc) is 3.65. The second-order valence-electron chi connectivity index (χ2n) is 9.58. The van der Waals surface area contributed by atoms with Crippen molar-refractivity contribution in [2.45, 2.75) is 68.1 Å². The van der Waals surface area contributed by atoms with Gasteiger partial charge in [0, 0.05) is 18.3 Å². The predicted octanol–water partition coefficient (Wildman–Crippen LogP) is 0.447. The molecule has 3 amide bonds. The monoisotopic (exact) mass is 574 g/mol. The molecule has 1 aliphatic carbocycles. The van der Waals surface area contributed by atoms with Gasteiger partial charge >= 0.3 is 6.03 Å². The van der Waals surface area contributed by atoms with Crippen LogP contribution in [0.5, 0.6) is 0 Å². The number of aromatic nitrogens is 4. The summed E-state index contributed by atoms with van der Waals surface area (Å²) in [5.74, 6) is -0.514. The molecule has 1 aromatic carbocycles. The lowest BCUT2D eigenvalue weighted by Crippen LogP contribution is -2.42. The molecule has 3 aromatic rings. The molecule has 2 fully saturated rings. The van der Waals surface area contributed by atoms with Gasteiger partial charge in [0.2, 0.25) is 10.0 Å². The van der Waals surface area contributed by atoms with E-state index in [-0.39, 0.29) is 27.9 Å². The van der Waals surface area contributed by atoms with Crippen LogP contribution in [-0.4, -0.2) is 81.0 Å². The number of hydrogen-bond acceptors (Lipinski definition) is 10. The van der Waals surface area contributed by atoms with Crippen molar-refractivity contribution in [1.29, 1.82) is 0 Å². The highest BCUT2D eigenvalue weighted by Gasteiger charge is 2.47. The minimum absolute atomic E-state index is 0.0505. The molecule has 0 radical (unpaired) electrons. The molecule has 6 N–H and O–H groups in total. The molecule has 1 aliphatic heterocycles. The van der Waals surface area contributed by atoms with Gasteiger partial charge in [-0.25, -0.2) is 32.9 Å². The third kappa shape index (κ3) is 5.62. The third-order valence-corrected chi connectivity index (χ3v) is 8.35. The van der Waals surface area contributed by atoms with Crippen molar-refractivity contribution in [2.24, 2.45) is 0 Å². The van der Waals surface area contributed by atoms with E-state index in [1.54, 1.807) is 6.92 Å². The normalized spacial score (nSPS) is 23.4. The van der Waals surface area contributed by atoms with E-state index in [1.165, 1.54) is 41.5 Å². The highest BCUT2D eigenvalue weighted by atomic mass is 32.2. The highest BCUT2D eigenvalue weighted by Crippen LogP contribution is 2.32. The predicted molar refractivity (Wildman–Crippen MR) is 142 cm³/mol. The molecular weight excluding hydrogens is 544 g/mol. The average molecular weight is 575 g/mol. The van der Waals surface area contributed by atoms with Gasteiger partial charge in [-0.3, -0.25) is 14.7 Å². The van der Waals surface area contributed by atoms with Crippen LogP contribution in [0.25, 0.3) is 11.2 Å². The summed E-state index contributed by atoms with van der Waals surface area (Å²) in [6, 6.07) is 5.04. The number of sulfonamides is 1. The highest BCUT2D eigenvalue weighted by molar-refractivity contribution is 7.89. The number of anilines is 2. The summed E-state index contributed by atoms with van der Waals surface area (Å²) in [4.78, 5) is 37.4. The first-order valence-corrected chi connectivity index (χ1v) is 14.3. The molecule has 3 heterocycles. The van der Waals surface area contributed by atoms with Gasteiger partial charge in [0.1, 0.15) is 18.5 Å². The molecule has 0 bridgehead atoms. The maximum atomic E-state index is 12.7. The standard InChI is InChI=1S/C24H30N8O7S/c1-2-25-22(35)19-17(33)18(34)23(39-19)32-12-28-16-20(26-11-27-21(16)32)30-24(36)29-13-7-9-15(10-8-13)40(37,38)31-14-5-3-4-6-14/h7-12,14,17-19,23,31,33-34H,2-6H2,1H3,(H,25,35)(H2,26,27,29,30,36)/t17-,18+,19-,23+/m0/s1. The van der Waals surface area contributed by atoms with Crippen LogP contribution < -0.4 is 20.7 Å². The van der Waals surface area contributed by atoms with Crippen LogP contribution in [0.2, 0.25) is 0 Å². The minimum atomic E-state index is -3.66. The van der Waals surface area contributed by atoms with Crippen LogP contribution in [-0.2, 0) is 19.6 Å². The summed E-state index contributed by atoms with van der Waals surface area (Å²) in [5, 5.41) is 28.6. The molecule has 15 nitrogen and oxygen atoms in total. The Hall–Kier alpha value is -3.70. The van der Waals surface area contributed by atoms with Gasteiger partial charge in [-0.1, -0.05) is 12.8 Å². The summed E-state index contributed by atoms with van der Waals surface area (Å²) < 4.78 is 34.9. The summed E-state index contributed by atoms with van der Waals surface area (Å²) in [5.41, 5.74) is 0.701. The molecule has 1 saturated heterocycles. The van der Waals surface area contributed by atoms with E-state index in [4.69, 9.17) is 4.74 Å². The Labute approximate surface area is 229 Å². The van der Waals surface area contributed by atoms with E-state index in [1.807, 2.05) is 0 Å². The molecule has 16 heteroatoms. The zero-order valence-corrected chi connectivity index (χ0v) is 22.3. The van der Waals surface area contributed by atoms with Crippen molar-refractivity contribution in [3.8, 4) is 0 Å². The number of carbonyl (C=O) groups excluding carboxylic acids is 2. The van der Waals surface area contributed by atoms with Gasteiger partial charge in [-0.15, -0.1) is 0 Å². The molecular formula is C24H30N8O7S. The van der Waals surface area contributed by atoms with E-state index < -0.39 is 46.5 Å². The van der Waals surface area contributed by atoms with Crippen molar-refractivity contribution < 1.29 is 33.0 Å². The number of aliphatic hydroxyl groups is 2. The third-order valence-electron chi connectivity index (χ3n) is 6.81. The van der Waals surface area contributed by atoms with Gasteiger partial charge < -0.3 is 25.6 Å². The quantitative estimate of drug-likeness (QED) is 0.219. The number of imidazole rings is 1. The van der Waals surface area contributed by atoms with Gasteiger partial charge in [0.05, 0.1) is 11.2 Å². The van der Waals surface area contributed by atoms with Gasteiger partial charge in [-0.05, 0) is 44.0 Å². The molecule has 40 heavy (non-hydrogen) atoms. The summed E-state index contributed by atoms with van der Waals surface area (Å²) in [7, 11) is -3.66.